The Balaban J connectivity index is 1.62. The fourth-order valence-electron chi connectivity index (χ4n) is 2.41. The number of rotatable bonds is 2. The Bertz CT molecular complexity index is 888. The molecule has 0 saturated carbocycles. The molecule has 0 fully saturated rings. The minimum Gasteiger partial charge on any atom is -0.454 e. The van der Waals surface area contributed by atoms with Crippen molar-refractivity contribution in [3.63, 3.8) is 0 Å². The van der Waals surface area contributed by atoms with E-state index < -0.39 is 0 Å². The molecule has 2 heterocycles. The van der Waals surface area contributed by atoms with Gasteiger partial charge in [0.1, 0.15) is 11.5 Å². The van der Waals surface area contributed by atoms with E-state index in [2.05, 4.69) is 10.3 Å². The minimum atomic E-state index is -0.365. The summed E-state index contributed by atoms with van der Waals surface area (Å²) in [7, 11) is 0. The van der Waals surface area contributed by atoms with Crippen molar-refractivity contribution in [2.45, 2.75) is 0 Å². The first-order valence-electron chi connectivity index (χ1n) is 6.69. The van der Waals surface area contributed by atoms with Crippen LogP contribution >= 0.6 is 0 Å². The zero-order valence-corrected chi connectivity index (χ0v) is 11.4. The van der Waals surface area contributed by atoms with Gasteiger partial charge in [0.15, 0.2) is 11.5 Å². The highest BCUT2D eigenvalue weighted by atomic mass is 19.1. The number of aromatic amines is 1. The number of fused-ring (bicyclic) bond motifs is 2. The molecule has 3 aromatic rings. The molecule has 110 valence electrons. The van der Waals surface area contributed by atoms with Crippen LogP contribution in [0.15, 0.2) is 42.5 Å². The molecule has 4 rings (SSSR count). The molecule has 6 heteroatoms. The van der Waals surface area contributed by atoms with Crippen LogP contribution in [-0.2, 0) is 0 Å². The minimum absolute atomic E-state index is 0.175. The van der Waals surface area contributed by atoms with E-state index in [0.717, 1.165) is 0 Å². The van der Waals surface area contributed by atoms with Gasteiger partial charge in [0, 0.05) is 22.7 Å². The van der Waals surface area contributed by atoms with Gasteiger partial charge in [-0.3, -0.25) is 4.79 Å². The van der Waals surface area contributed by atoms with Crippen molar-refractivity contribution in [1.82, 2.24) is 4.98 Å². The lowest BCUT2D eigenvalue weighted by molar-refractivity contribution is 0.102. The first kappa shape index (κ1) is 12.7. The van der Waals surface area contributed by atoms with Crippen LogP contribution in [0.3, 0.4) is 0 Å². The Kier molecular flexibility index (Phi) is 2.75. The van der Waals surface area contributed by atoms with E-state index in [1.54, 1.807) is 30.3 Å². The number of hydrogen-bond donors (Lipinski definition) is 2. The van der Waals surface area contributed by atoms with Crippen molar-refractivity contribution in [2.24, 2.45) is 0 Å². The van der Waals surface area contributed by atoms with Crippen molar-refractivity contribution in [1.29, 1.82) is 0 Å². The van der Waals surface area contributed by atoms with Gasteiger partial charge in [-0.25, -0.2) is 4.39 Å². The molecule has 22 heavy (non-hydrogen) atoms. The molecular formula is C16H11FN2O3. The van der Waals surface area contributed by atoms with E-state index in [4.69, 9.17) is 9.47 Å². The number of anilines is 1. The standard InChI is InChI=1S/C16H11FN2O3/c17-11-2-1-3-12-10(11)7-13(19-12)16(20)18-9-4-5-14-15(6-9)22-8-21-14/h1-7,19H,8H2,(H,18,20). The second-order valence-corrected chi connectivity index (χ2v) is 4.91. The molecule has 0 aliphatic carbocycles. The van der Waals surface area contributed by atoms with E-state index in [1.807, 2.05) is 0 Å². The molecule has 2 aromatic carbocycles. The summed E-state index contributed by atoms with van der Waals surface area (Å²) in [5, 5.41) is 3.13. The van der Waals surface area contributed by atoms with Crippen molar-refractivity contribution < 1.29 is 18.7 Å². The molecule has 1 aliphatic heterocycles. The smallest absolute Gasteiger partial charge is 0.272 e. The lowest BCUT2D eigenvalue weighted by Crippen LogP contribution is -2.12. The topological polar surface area (TPSA) is 63.4 Å². The van der Waals surface area contributed by atoms with Crippen molar-refractivity contribution in [3.8, 4) is 11.5 Å². The summed E-state index contributed by atoms with van der Waals surface area (Å²) in [5.74, 6) is 0.511. The Morgan fingerprint density at radius 3 is 2.86 bits per heavy atom. The SMILES string of the molecule is O=C(Nc1ccc2c(c1)OCO2)c1cc2c(F)cccc2[nH]1. The van der Waals surface area contributed by atoms with Gasteiger partial charge in [0.05, 0.1) is 0 Å². The quantitative estimate of drug-likeness (QED) is 0.763. The highest BCUT2D eigenvalue weighted by Gasteiger charge is 2.16. The van der Waals surface area contributed by atoms with Crippen LogP contribution in [-0.4, -0.2) is 17.7 Å². The highest BCUT2D eigenvalue weighted by Crippen LogP contribution is 2.34. The number of carbonyl (C=O) groups excluding carboxylic acids is 1. The highest BCUT2D eigenvalue weighted by molar-refractivity contribution is 6.06. The number of benzene rings is 2. The number of amides is 1. The van der Waals surface area contributed by atoms with Crippen LogP contribution < -0.4 is 14.8 Å². The molecular weight excluding hydrogens is 287 g/mol. The molecule has 1 aliphatic rings. The van der Waals surface area contributed by atoms with Crippen molar-refractivity contribution in [3.05, 3.63) is 54.0 Å². The number of nitrogens with one attached hydrogen (secondary N) is 2. The van der Waals surface area contributed by atoms with Gasteiger partial charge < -0.3 is 19.8 Å². The molecule has 1 amide bonds. The maximum Gasteiger partial charge on any atom is 0.272 e. The molecule has 5 nitrogen and oxygen atoms in total. The average molecular weight is 298 g/mol. The summed E-state index contributed by atoms with van der Waals surface area (Å²) in [4.78, 5) is 15.2. The normalized spacial score (nSPS) is 12.6. The van der Waals surface area contributed by atoms with Crippen LogP contribution in [0.4, 0.5) is 10.1 Å². The van der Waals surface area contributed by atoms with Crippen LogP contribution in [0.5, 0.6) is 11.5 Å². The van der Waals surface area contributed by atoms with Gasteiger partial charge in [0.25, 0.3) is 5.91 Å². The third kappa shape index (κ3) is 2.05. The summed E-state index contributed by atoms with van der Waals surface area (Å²) >= 11 is 0. The van der Waals surface area contributed by atoms with Crippen LogP contribution in [0.2, 0.25) is 0 Å². The van der Waals surface area contributed by atoms with Crippen LogP contribution in [0.1, 0.15) is 10.5 Å². The maximum atomic E-state index is 13.7. The molecule has 0 bridgehead atoms. The zero-order chi connectivity index (χ0) is 15.1. The number of ether oxygens (including phenoxy) is 2. The summed E-state index contributed by atoms with van der Waals surface area (Å²) in [5.41, 5.74) is 1.45. The predicted molar refractivity (Wildman–Crippen MR) is 78.8 cm³/mol. The predicted octanol–water partition coefficient (Wildman–Crippen LogP) is 3.29. The van der Waals surface area contributed by atoms with E-state index in [0.29, 0.717) is 28.1 Å². The molecule has 2 N–H and O–H groups in total. The number of hydrogen-bond acceptors (Lipinski definition) is 3. The van der Waals surface area contributed by atoms with Crippen LogP contribution in [0, 0.1) is 5.82 Å². The second-order valence-electron chi connectivity index (χ2n) is 4.91. The largest absolute Gasteiger partial charge is 0.454 e. The first-order chi connectivity index (χ1) is 10.7. The van der Waals surface area contributed by atoms with Crippen molar-refractivity contribution in [2.75, 3.05) is 12.1 Å². The van der Waals surface area contributed by atoms with Gasteiger partial charge in [-0.05, 0) is 30.3 Å². The van der Waals surface area contributed by atoms with Gasteiger partial charge in [-0.15, -0.1) is 0 Å². The summed E-state index contributed by atoms with van der Waals surface area (Å²) in [6.45, 7) is 0.175. The Hall–Kier alpha value is -3.02. The Morgan fingerprint density at radius 1 is 1.14 bits per heavy atom. The molecule has 0 unspecified atom stereocenters. The first-order valence-corrected chi connectivity index (χ1v) is 6.69. The number of halogens is 1. The van der Waals surface area contributed by atoms with E-state index in [1.165, 1.54) is 12.1 Å². The third-order valence-corrected chi connectivity index (χ3v) is 3.49. The summed E-state index contributed by atoms with van der Waals surface area (Å²) in [6.07, 6.45) is 0. The molecule has 1 aromatic heterocycles. The van der Waals surface area contributed by atoms with Gasteiger partial charge >= 0.3 is 0 Å². The average Bonchev–Trinajstić information content (AvgIpc) is 3.13. The van der Waals surface area contributed by atoms with Crippen molar-refractivity contribution >= 4 is 22.5 Å². The van der Waals surface area contributed by atoms with Crippen LogP contribution in [0.25, 0.3) is 10.9 Å². The number of aromatic nitrogens is 1. The van der Waals surface area contributed by atoms with E-state index >= 15 is 0 Å². The fraction of sp³-hybridized carbons (Fsp3) is 0.0625. The third-order valence-electron chi connectivity index (χ3n) is 3.49. The summed E-state index contributed by atoms with van der Waals surface area (Å²) in [6, 6.07) is 11.3. The lowest BCUT2D eigenvalue weighted by atomic mass is 10.2. The number of H-pyrrole nitrogens is 1. The van der Waals surface area contributed by atoms with Gasteiger partial charge in [-0.1, -0.05) is 6.07 Å². The fourth-order valence-corrected chi connectivity index (χ4v) is 2.41. The Morgan fingerprint density at radius 2 is 2.00 bits per heavy atom. The second kappa shape index (κ2) is 4.77. The monoisotopic (exact) mass is 298 g/mol. The van der Waals surface area contributed by atoms with Gasteiger partial charge in [0.2, 0.25) is 6.79 Å². The molecule has 0 radical (unpaired) electrons. The van der Waals surface area contributed by atoms with E-state index in [9.17, 15) is 9.18 Å². The zero-order valence-electron chi connectivity index (χ0n) is 11.4. The molecule has 0 saturated heterocycles. The maximum absolute atomic E-state index is 13.7. The van der Waals surface area contributed by atoms with E-state index in [-0.39, 0.29) is 24.2 Å². The molecule has 0 spiro atoms. The lowest BCUT2D eigenvalue weighted by Gasteiger charge is -2.04. The molecule has 0 atom stereocenters. The van der Waals surface area contributed by atoms with Gasteiger partial charge in [-0.2, -0.15) is 0 Å². The Labute approximate surface area is 124 Å². The summed E-state index contributed by atoms with van der Waals surface area (Å²) < 4.78 is 24.1. The number of carbonyl (C=O) groups is 1.